The van der Waals surface area contributed by atoms with Gasteiger partial charge >= 0.3 is 0 Å². The summed E-state index contributed by atoms with van der Waals surface area (Å²) in [5.41, 5.74) is 2.72. The maximum Gasteiger partial charge on any atom is 0.127 e. The Morgan fingerprint density at radius 2 is 2.30 bits per heavy atom. The van der Waals surface area contributed by atoms with E-state index in [-0.39, 0.29) is 0 Å². The molecule has 3 rings (SSSR count). The molecule has 2 heterocycles. The molecule has 0 spiro atoms. The molecule has 1 aromatic carbocycles. The Morgan fingerprint density at radius 3 is 3.10 bits per heavy atom. The second-order valence-corrected chi connectivity index (χ2v) is 5.91. The summed E-state index contributed by atoms with van der Waals surface area (Å²) in [6, 6.07) is 7.00. The number of para-hydroxylation sites is 1. The topological polar surface area (TPSA) is 30.5 Å². The van der Waals surface area contributed by atoms with E-state index in [1.807, 2.05) is 0 Å². The highest BCUT2D eigenvalue weighted by Gasteiger charge is 2.26. The molecule has 0 aromatic heterocycles. The highest BCUT2D eigenvalue weighted by Crippen LogP contribution is 2.36. The summed E-state index contributed by atoms with van der Waals surface area (Å²) >= 11 is 0. The normalized spacial score (nSPS) is 22.6. The molecule has 0 aliphatic carbocycles. The van der Waals surface area contributed by atoms with Crippen molar-refractivity contribution in [2.45, 2.75) is 38.6 Å². The Kier molecular flexibility index (Phi) is 4.58. The lowest BCUT2D eigenvalue weighted by Gasteiger charge is -2.23. The minimum absolute atomic E-state index is 0.398. The second kappa shape index (κ2) is 6.59. The van der Waals surface area contributed by atoms with E-state index in [0.29, 0.717) is 12.0 Å². The van der Waals surface area contributed by atoms with Gasteiger partial charge in [0.1, 0.15) is 5.75 Å². The van der Waals surface area contributed by atoms with Gasteiger partial charge in [0.15, 0.2) is 0 Å². The van der Waals surface area contributed by atoms with Crippen molar-refractivity contribution >= 4 is 0 Å². The summed E-state index contributed by atoms with van der Waals surface area (Å²) in [4.78, 5) is 0. The third-order valence-corrected chi connectivity index (χ3v) is 4.35. The highest BCUT2D eigenvalue weighted by molar-refractivity contribution is 5.45. The Bertz CT molecular complexity index is 441. The molecule has 1 saturated heterocycles. The number of hydrogen-bond acceptors (Lipinski definition) is 3. The van der Waals surface area contributed by atoms with Crippen LogP contribution in [0.15, 0.2) is 18.2 Å². The summed E-state index contributed by atoms with van der Waals surface area (Å²) in [6.07, 6.45) is 4.56. The summed E-state index contributed by atoms with van der Waals surface area (Å²) in [7, 11) is 0. The van der Waals surface area contributed by atoms with E-state index >= 15 is 0 Å². The fourth-order valence-corrected chi connectivity index (χ4v) is 3.26. The molecule has 0 saturated carbocycles. The van der Waals surface area contributed by atoms with E-state index in [2.05, 4.69) is 30.4 Å². The Hall–Kier alpha value is -1.06. The SMILES string of the molecule is CCCNC(CC1CCOC1)c1cccc2c1OCC2. The average Bonchev–Trinajstić information content (AvgIpc) is 3.13. The standard InChI is InChI=1S/C17H25NO2/c1-2-8-18-16(11-13-6-9-19-12-13)15-5-3-4-14-7-10-20-17(14)15/h3-5,13,16,18H,2,6-12H2,1H3. The molecule has 0 radical (unpaired) electrons. The average molecular weight is 275 g/mol. The first-order valence-electron chi connectivity index (χ1n) is 7.94. The molecule has 1 fully saturated rings. The van der Waals surface area contributed by atoms with Crippen LogP contribution in [0, 0.1) is 5.92 Å². The van der Waals surface area contributed by atoms with Crippen molar-refractivity contribution in [3.05, 3.63) is 29.3 Å². The van der Waals surface area contributed by atoms with Crippen LogP contribution >= 0.6 is 0 Å². The molecule has 3 nitrogen and oxygen atoms in total. The van der Waals surface area contributed by atoms with Crippen molar-refractivity contribution < 1.29 is 9.47 Å². The van der Waals surface area contributed by atoms with E-state index in [1.165, 1.54) is 17.5 Å². The van der Waals surface area contributed by atoms with Crippen LogP contribution in [0.2, 0.25) is 0 Å². The van der Waals surface area contributed by atoms with E-state index in [1.54, 1.807) is 0 Å². The largest absolute Gasteiger partial charge is 0.493 e. The first-order chi connectivity index (χ1) is 9.88. The van der Waals surface area contributed by atoms with Crippen LogP contribution in [0.1, 0.15) is 43.4 Å². The van der Waals surface area contributed by atoms with Crippen LogP contribution in [0.4, 0.5) is 0 Å². The molecular formula is C17H25NO2. The summed E-state index contributed by atoms with van der Waals surface area (Å²) in [5, 5.41) is 3.71. The van der Waals surface area contributed by atoms with E-state index in [4.69, 9.17) is 9.47 Å². The summed E-state index contributed by atoms with van der Waals surface area (Å²) in [5.74, 6) is 1.82. The van der Waals surface area contributed by atoms with Gasteiger partial charge in [0.05, 0.1) is 6.61 Å². The zero-order valence-corrected chi connectivity index (χ0v) is 12.4. The molecule has 2 atom stereocenters. The molecule has 1 aromatic rings. The van der Waals surface area contributed by atoms with Gasteiger partial charge in [-0.15, -0.1) is 0 Å². The Balaban J connectivity index is 1.78. The number of benzene rings is 1. The Labute approximate surface area is 121 Å². The smallest absolute Gasteiger partial charge is 0.127 e. The van der Waals surface area contributed by atoms with Crippen molar-refractivity contribution in [2.75, 3.05) is 26.4 Å². The molecule has 110 valence electrons. The lowest BCUT2D eigenvalue weighted by atomic mass is 9.92. The summed E-state index contributed by atoms with van der Waals surface area (Å²) < 4.78 is 11.4. The van der Waals surface area contributed by atoms with Crippen LogP contribution in [0.25, 0.3) is 0 Å². The summed E-state index contributed by atoms with van der Waals surface area (Å²) in [6.45, 7) is 5.95. The molecule has 3 heteroatoms. The van der Waals surface area contributed by atoms with Crippen molar-refractivity contribution in [3.8, 4) is 5.75 Å². The van der Waals surface area contributed by atoms with Gasteiger partial charge in [0, 0.05) is 31.2 Å². The quantitative estimate of drug-likeness (QED) is 0.865. The van der Waals surface area contributed by atoms with Crippen molar-refractivity contribution in [3.63, 3.8) is 0 Å². The van der Waals surface area contributed by atoms with Gasteiger partial charge in [-0.2, -0.15) is 0 Å². The highest BCUT2D eigenvalue weighted by atomic mass is 16.5. The minimum atomic E-state index is 0.398. The third-order valence-electron chi connectivity index (χ3n) is 4.35. The van der Waals surface area contributed by atoms with Gasteiger partial charge in [-0.05, 0) is 37.3 Å². The van der Waals surface area contributed by atoms with Crippen LogP contribution in [0.5, 0.6) is 5.75 Å². The fraction of sp³-hybridized carbons (Fsp3) is 0.647. The van der Waals surface area contributed by atoms with Crippen molar-refractivity contribution in [2.24, 2.45) is 5.92 Å². The molecule has 2 aliphatic heterocycles. The lowest BCUT2D eigenvalue weighted by Crippen LogP contribution is -2.25. The third kappa shape index (κ3) is 2.99. The molecule has 2 unspecified atom stereocenters. The number of fused-ring (bicyclic) bond motifs is 1. The van der Waals surface area contributed by atoms with Crippen LogP contribution in [-0.2, 0) is 11.2 Å². The van der Waals surface area contributed by atoms with Gasteiger partial charge in [-0.3, -0.25) is 0 Å². The zero-order valence-electron chi connectivity index (χ0n) is 12.4. The predicted octanol–water partition coefficient (Wildman–Crippen LogP) is 3.09. The molecular weight excluding hydrogens is 250 g/mol. The first kappa shape index (κ1) is 13.9. The Morgan fingerprint density at radius 1 is 1.35 bits per heavy atom. The van der Waals surface area contributed by atoms with Crippen LogP contribution in [0.3, 0.4) is 0 Å². The van der Waals surface area contributed by atoms with Crippen LogP contribution in [-0.4, -0.2) is 26.4 Å². The number of rotatable bonds is 6. The monoisotopic (exact) mass is 275 g/mol. The molecule has 0 amide bonds. The van der Waals surface area contributed by atoms with Gasteiger partial charge in [0.25, 0.3) is 0 Å². The zero-order chi connectivity index (χ0) is 13.8. The predicted molar refractivity (Wildman–Crippen MR) is 80.2 cm³/mol. The van der Waals surface area contributed by atoms with E-state index in [9.17, 15) is 0 Å². The molecule has 0 bridgehead atoms. The second-order valence-electron chi connectivity index (χ2n) is 5.91. The maximum atomic E-state index is 5.88. The fourth-order valence-electron chi connectivity index (χ4n) is 3.26. The van der Waals surface area contributed by atoms with Gasteiger partial charge < -0.3 is 14.8 Å². The maximum absolute atomic E-state index is 5.88. The van der Waals surface area contributed by atoms with Crippen molar-refractivity contribution in [1.29, 1.82) is 0 Å². The first-order valence-corrected chi connectivity index (χ1v) is 7.94. The molecule has 20 heavy (non-hydrogen) atoms. The van der Waals surface area contributed by atoms with E-state index in [0.717, 1.165) is 51.4 Å². The number of hydrogen-bond donors (Lipinski definition) is 1. The van der Waals surface area contributed by atoms with Gasteiger partial charge in [0.2, 0.25) is 0 Å². The number of nitrogens with one attached hydrogen (secondary N) is 1. The van der Waals surface area contributed by atoms with Gasteiger partial charge in [-0.25, -0.2) is 0 Å². The molecule has 2 aliphatic rings. The van der Waals surface area contributed by atoms with Gasteiger partial charge in [-0.1, -0.05) is 25.1 Å². The molecule has 1 N–H and O–H groups in total. The number of ether oxygens (including phenoxy) is 2. The van der Waals surface area contributed by atoms with E-state index < -0.39 is 0 Å². The van der Waals surface area contributed by atoms with Crippen molar-refractivity contribution in [1.82, 2.24) is 5.32 Å². The lowest BCUT2D eigenvalue weighted by molar-refractivity contribution is 0.181. The van der Waals surface area contributed by atoms with Crippen LogP contribution < -0.4 is 10.1 Å². The minimum Gasteiger partial charge on any atom is -0.493 e.